The second kappa shape index (κ2) is 8.89. The molecule has 1 fully saturated rings. The standard InChI is InChI=1S/C16H26O3.H2/c1-3-5-7-8-14-13(9-10-15(14)17)12-16(18)19-11-6-4-2;/h4,13-14H,2-3,5-12H2,1H3;1H/i;1+1. The van der Waals surface area contributed by atoms with Crippen LogP contribution in [0.4, 0.5) is 0 Å². The molecule has 0 heterocycles. The fourth-order valence-corrected chi connectivity index (χ4v) is 2.76. The molecule has 2 unspecified atom stereocenters. The van der Waals surface area contributed by atoms with Crippen molar-refractivity contribution in [1.82, 2.24) is 0 Å². The first kappa shape index (κ1) is 15.9. The third-order valence-electron chi connectivity index (χ3n) is 3.88. The highest BCUT2D eigenvalue weighted by Crippen LogP contribution is 2.35. The van der Waals surface area contributed by atoms with E-state index in [1.807, 2.05) is 0 Å². The Labute approximate surface area is 117 Å². The molecule has 0 radical (unpaired) electrons. The summed E-state index contributed by atoms with van der Waals surface area (Å²) in [5.74, 6) is 0.487. The SMILES string of the molecule is C=CCCOC(=O)CC1CCC(=O)C1CCCCC.[2HH]. The number of unbranched alkanes of at least 4 members (excludes halogenated alkanes) is 2. The largest absolute Gasteiger partial charge is 0.465 e. The molecule has 1 saturated carbocycles. The van der Waals surface area contributed by atoms with Gasteiger partial charge in [0, 0.05) is 20.2 Å². The van der Waals surface area contributed by atoms with Gasteiger partial charge in [-0.15, -0.1) is 6.58 Å². The van der Waals surface area contributed by atoms with Crippen molar-refractivity contribution in [3.63, 3.8) is 0 Å². The Balaban J connectivity index is 0.00000361. The quantitative estimate of drug-likeness (QED) is 0.362. The third kappa shape index (κ3) is 5.58. The molecule has 0 saturated heterocycles. The molecule has 0 spiro atoms. The summed E-state index contributed by atoms with van der Waals surface area (Å²) in [6, 6.07) is 0. The van der Waals surface area contributed by atoms with E-state index in [0.29, 0.717) is 31.7 Å². The molecular weight excluding hydrogens is 240 g/mol. The first-order valence-corrected chi connectivity index (χ1v) is 7.48. The molecule has 0 aromatic rings. The lowest BCUT2D eigenvalue weighted by Gasteiger charge is -2.17. The molecule has 2 atom stereocenters. The van der Waals surface area contributed by atoms with Gasteiger partial charge in [0.05, 0.1) is 6.61 Å². The van der Waals surface area contributed by atoms with Crippen molar-refractivity contribution in [3.05, 3.63) is 12.7 Å². The molecular formula is C16H28O3. The zero-order chi connectivity index (χ0) is 14.1. The first-order valence-electron chi connectivity index (χ1n) is 7.48. The summed E-state index contributed by atoms with van der Waals surface area (Å²) in [5, 5.41) is 0. The number of carbonyl (C=O) groups is 2. The summed E-state index contributed by atoms with van der Waals surface area (Å²) in [7, 11) is 0. The van der Waals surface area contributed by atoms with Crippen molar-refractivity contribution < 1.29 is 15.8 Å². The van der Waals surface area contributed by atoms with Crippen LogP contribution in [0.25, 0.3) is 0 Å². The Morgan fingerprint density at radius 1 is 1.53 bits per heavy atom. The Bertz CT molecular complexity index is 315. The van der Waals surface area contributed by atoms with Crippen molar-refractivity contribution in [2.24, 2.45) is 11.8 Å². The van der Waals surface area contributed by atoms with Gasteiger partial charge in [-0.2, -0.15) is 0 Å². The second-order valence-electron chi connectivity index (χ2n) is 5.37. The lowest BCUT2D eigenvalue weighted by atomic mass is 9.88. The van der Waals surface area contributed by atoms with E-state index in [2.05, 4.69) is 13.5 Å². The van der Waals surface area contributed by atoms with Gasteiger partial charge in [0.15, 0.2) is 0 Å². The number of carbonyl (C=O) groups excluding carboxylic acids is 2. The maximum absolute atomic E-state index is 11.9. The van der Waals surface area contributed by atoms with Crippen LogP contribution in [0.15, 0.2) is 12.7 Å². The average Bonchev–Trinajstić information content (AvgIpc) is 2.72. The summed E-state index contributed by atoms with van der Waals surface area (Å²) in [6.45, 7) is 6.15. The molecule has 3 nitrogen and oxygen atoms in total. The maximum Gasteiger partial charge on any atom is 0.306 e. The van der Waals surface area contributed by atoms with Crippen molar-refractivity contribution in [2.45, 2.75) is 58.3 Å². The van der Waals surface area contributed by atoms with Crippen LogP contribution in [0.1, 0.15) is 59.7 Å². The predicted octanol–water partition coefficient (Wildman–Crippen LogP) is 3.92. The molecule has 0 amide bonds. The van der Waals surface area contributed by atoms with Gasteiger partial charge in [-0.05, 0) is 25.2 Å². The highest BCUT2D eigenvalue weighted by atomic mass is 16.5. The fraction of sp³-hybridized carbons (Fsp3) is 0.750. The molecule has 0 aromatic heterocycles. The maximum atomic E-state index is 11.9. The van der Waals surface area contributed by atoms with Crippen molar-refractivity contribution >= 4 is 11.8 Å². The smallest absolute Gasteiger partial charge is 0.306 e. The van der Waals surface area contributed by atoms with Gasteiger partial charge in [0.25, 0.3) is 0 Å². The molecule has 0 aromatic carbocycles. The first-order chi connectivity index (χ1) is 9.19. The Morgan fingerprint density at radius 3 is 3.00 bits per heavy atom. The molecule has 0 aliphatic heterocycles. The molecule has 0 N–H and O–H groups in total. The molecule has 19 heavy (non-hydrogen) atoms. The summed E-state index contributed by atoms with van der Waals surface area (Å²) < 4.78 is 5.13. The Morgan fingerprint density at radius 2 is 2.32 bits per heavy atom. The van der Waals surface area contributed by atoms with Gasteiger partial charge < -0.3 is 4.74 Å². The predicted molar refractivity (Wildman–Crippen MR) is 77.9 cm³/mol. The summed E-state index contributed by atoms with van der Waals surface area (Å²) in [6.07, 6.45) is 8.68. The molecule has 3 heteroatoms. The van der Waals surface area contributed by atoms with E-state index < -0.39 is 0 Å². The van der Waals surface area contributed by atoms with Crippen LogP contribution >= 0.6 is 0 Å². The van der Waals surface area contributed by atoms with Gasteiger partial charge in [0.1, 0.15) is 5.78 Å². The van der Waals surface area contributed by atoms with Gasteiger partial charge in [-0.25, -0.2) is 0 Å². The molecule has 1 aliphatic rings. The molecule has 1 rings (SSSR count). The van der Waals surface area contributed by atoms with E-state index in [0.717, 1.165) is 25.7 Å². The topological polar surface area (TPSA) is 43.4 Å². The summed E-state index contributed by atoms with van der Waals surface area (Å²) >= 11 is 0. The van der Waals surface area contributed by atoms with Crippen molar-refractivity contribution in [2.75, 3.05) is 6.61 Å². The number of ketones is 1. The van der Waals surface area contributed by atoms with Gasteiger partial charge >= 0.3 is 5.97 Å². The van der Waals surface area contributed by atoms with Crippen LogP contribution in [-0.2, 0) is 14.3 Å². The van der Waals surface area contributed by atoms with E-state index in [4.69, 9.17) is 4.74 Å². The number of hydrogen-bond donors (Lipinski definition) is 0. The highest BCUT2D eigenvalue weighted by Gasteiger charge is 2.35. The monoisotopic (exact) mass is 269 g/mol. The Hall–Kier alpha value is -1.12. The zero-order valence-corrected chi connectivity index (χ0v) is 12.0. The Kier molecular flexibility index (Phi) is 7.46. The highest BCUT2D eigenvalue weighted by molar-refractivity contribution is 5.84. The minimum Gasteiger partial charge on any atom is -0.465 e. The number of ether oxygens (including phenoxy) is 1. The van der Waals surface area contributed by atoms with Gasteiger partial charge in [-0.1, -0.05) is 32.3 Å². The van der Waals surface area contributed by atoms with E-state index in [1.165, 1.54) is 6.42 Å². The van der Waals surface area contributed by atoms with Crippen LogP contribution in [-0.4, -0.2) is 18.4 Å². The van der Waals surface area contributed by atoms with Crippen LogP contribution in [0.5, 0.6) is 0 Å². The van der Waals surface area contributed by atoms with Gasteiger partial charge in [-0.3, -0.25) is 9.59 Å². The lowest BCUT2D eigenvalue weighted by molar-refractivity contribution is -0.145. The fourth-order valence-electron chi connectivity index (χ4n) is 2.76. The van der Waals surface area contributed by atoms with Gasteiger partial charge in [0.2, 0.25) is 0 Å². The van der Waals surface area contributed by atoms with E-state index in [1.54, 1.807) is 6.08 Å². The van der Waals surface area contributed by atoms with Crippen LogP contribution in [0.2, 0.25) is 0 Å². The number of rotatable bonds is 9. The molecule has 110 valence electrons. The zero-order valence-electron chi connectivity index (χ0n) is 12.0. The van der Waals surface area contributed by atoms with Crippen molar-refractivity contribution in [3.8, 4) is 0 Å². The number of esters is 1. The molecule has 0 bridgehead atoms. The lowest BCUT2D eigenvalue weighted by Crippen LogP contribution is -2.19. The number of Topliss-reactive ketones (excluding diaryl/α,β-unsaturated/α-hetero) is 1. The second-order valence-corrected chi connectivity index (χ2v) is 5.37. The van der Waals surface area contributed by atoms with E-state index in [-0.39, 0.29) is 19.2 Å². The van der Waals surface area contributed by atoms with E-state index in [9.17, 15) is 9.59 Å². The van der Waals surface area contributed by atoms with Crippen LogP contribution in [0.3, 0.4) is 0 Å². The average molecular weight is 269 g/mol. The van der Waals surface area contributed by atoms with Crippen LogP contribution < -0.4 is 0 Å². The summed E-state index contributed by atoms with van der Waals surface area (Å²) in [5.41, 5.74) is 0. The van der Waals surface area contributed by atoms with Crippen LogP contribution in [0, 0.1) is 11.8 Å². The van der Waals surface area contributed by atoms with E-state index >= 15 is 0 Å². The van der Waals surface area contributed by atoms with Crippen molar-refractivity contribution in [1.29, 1.82) is 0 Å². The normalized spacial score (nSPS) is 22.5. The number of hydrogen-bond acceptors (Lipinski definition) is 3. The molecule has 1 aliphatic carbocycles. The minimum absolute atomic E-state index is 0. The third-order valence-corrected chi connectivity index (χ3v) is 3.88. The minimum atomic E-state index is -0.165. The summed E-state index contributed by atoms with van der Waals surface area (Å²) in [4.78, 5) is 23.5.